The lowest BCUT2D eigenvalue weighted by Crippen LogP contribution is -2.42. The maximum Gasteiger partial charge on any atom is 0.120 e. The van der Waals surface area contributed by atoms with Gasteiger partial charge in [0.1, 0.15) is 11.4 Å². The van der Waals surface area contributed by atoms with E-state index in [1.54, 1.807) is 0 Å². The molecule has 0 radical (unpaired) electrons. The van der Waals surface area contributed by atoms with Crippen LogP contribution in [0.2, 0.25) is 0 Å². The summed E-state index contributed by atoms with van der Waals surface area (Å²) in [5.41, 5.74) is 2.38. The fourth-order valence-electron chi connectivity index (χ4n) is 2.04. The maximum absolute atomic E-state index is 6.20. The molecule has 1 N–H and O–H groups in total. The van der Waals surface area contributed by atoms with E-state index in [0.29, 0.717) is 0 Å². The van der Waals surface area contributed by atoms with Crippen molar-refractivity contribution in [2.24, 2.45) is 0 Å². The Bertz CT molecular complexity index is 355. The third kappa shape index (κ3) is 4.69. The molecule has 0 saturated carbocycles. The van der Waals surface area contributed by atoms with Crippen molar-refractivity contribution in [3.63, 3.8) is 0 Å². The Hall–Kier alpha value is -1.02. The van der Waals surface area contributed by atoms with Gasteiger partial charge >= 0.3 is 0 Å². The Morgan fingerprint density at radius 1 is 1.11 bits per heavy atom. The molecule has 2 heteroatoms. The van der Waals surface area contributed by atoms with Crippen molar-refractivity contribution >= 4 is 0 Å². The molecular formula is C16H27NO. The van der Waals surface area contributed by atoms with Crippen molar-refractivity contribution in [1.29, 1.82) is 0 Å². The quantitative estimate of drug-likeness (QED) is 0.741. The van der Waals surface area contributed by atoms with Gasteiger partial charge in [0, 0.05) is 6.54 Å². The Morgan fingerprint density at radius 2 is 1.72 bits per heavy atom. The Balaban J connectivity index is 2.71. The van der Waals surface area contributed by atoms with Crippen molar-refractivity contribution in [2.45, 2.75) is 53.1 Å². The molecule has 1 unspecified atom stereocenters. The van der Waals surface area contributed by atoms with Crippen LogP contribution in [0.3, 0.4) is 0 Å². The zero-order valence-corrected chi connectivity index (χ0v) is 12.5. The molecule has 18 heavy (non-hydrogen) atoms. The molecule has 0 fully saturated rings. The molecule has 102 valence electrons. The van der Waals surface area contributed by atoms with E-state index < -0.39 is 0 Å². The highest BCUT2D eigenvalue weighted by atomic mass is 16.5. The van der Waals surface area contributed by atoms with E-state index in [-0.39, 0.29) is 5.60 Å². The molecular weight excluding hydrogens is 222 g/mol. The highest BCUT2D eigenvalue weighted by Crippen LogP contribution is 2.23. The summed E-state index contributed by atoms with van der Waals surface area (Å²) in [6.07, 6.45) is 2.15. The summed E-state index contributed by atoms with van der Waals surface area (Å²) >= 11 is 0. The summed E-state index contributed by atoms with van der Waals surface area (Å²) in [7, 11) is 0. The van der Waals surface area contributed by atoms with Crippen LogP contribution in [0.15, 0.2) is 18.2 Å². The van der Waals surface area contributed by atoms with E-state index in [9.17, 15) is 0 Å². The molecule has 0 saturated heterocycles. The van der Waals surface area contributed by atoms with Crippen molar-refractivity contribution in [1.82, 2.24) is 5.32 Å². The second-order valence-electron chi connectivity index (χ2n) is 5.41. The minimum absolute atomic E-state index is 0.130. The highest BCUT2D eigenvalue weighted by molar-refractivity contribution is 5.33. The van der Waals surface area contributed by atoms with Gasteiger partial charge in [0.15, 0.2) is 0 Å². The van der Waals surface area contributed by atoms with Crippen LogP contribution in [0.1, 0.15) is 44.7 Å². The molecule has 1 aromatic carbocycles. The van der Waals surface area contributed by atoms with Crippen LogP contribution >= 0.6 is 0 Å². The summed E-state index contributed by atoms with van der Waals surface area (Å²) in [5, 5.41) is 3.45. The van der Waals surface area contributed by atoms with Crippen LogP contribution in [-0.4, -0.2) is 18.7 Å². The molecule has 2 nitrogen and oxygen atoms in total. The normalized spacial score (nSPS) is 14.3. The predicted octanol–water partition coefficient (Wildman–Crippen LogP) is 3.85. The number of hydrogen-bond acceptors (Lipinski definition) is 2. The third-order valence-corrected chi connectivity index (χ3v) is 3.23. The van der Waals surface area contributed by atoms with Gasteiger partial charge in [-0.2, -0.15) is 0 Å². The van der Waals surface area contributed by atoms with Crippen molar-refractivity contribution in [3.05, 3.63) is 29.3 Å². The fourth-order valence-corrected chi connectivity index (χ4v) is 2.04. The first-order valence-electron chi connectivity index (χ1n) is 6.97. The van der Waals surface area contributed by atoms with E-state index in [0.717, 1.165) is 31.7 Å². The first-order valence-corrected chi connectivity index (χ1v) is 6.97. The van der Waals surface area contributed by atoms with Gasteiger partial charge < -0.3 is 10.1 Å². The third-order valence-electron chi connectivity index (χ3n) is 3.23. The molecule has 0 amide bonds. The number of benzene rings is 1. The van der Waals surface area contributed by atoms with Crippen molar-refractivity contribution in [2.75, 3.05) is 13.1 Å². The van der Waals surface area contributed by atoms with E-state index in [2.05, 4.69) is 58.1 Å². The van der Waals surface area contributed by atoms with Gasteiger partial charge in [0.25, 0.3) is 0 Å². The van der Waals surface area contributed by atoms with E-state index in [1.807, 2.05) is 0 Å². The van der Waals surface area contributed by atoms with E-state index in [4.69, 9.17) is 4.74 Å². The smallest absolute Gasteiger partial charge is 0.120 e. The topological polar surface area (TPSA) is 21.3 Å². The monoisotopic (exact) mass is 249 g/mol. The van der Waals surface area contributed by atoms with Gasteiger partial charge in [-0.05, 0) is 63.4 Å². The minimum atomic E-state index is -0.130. The summed E-state index contributed by atoms with van der Waals surface area (Å²) in [4.78, 5) is 0. The second-order valence-corrected chi connectivity index (χ2v) is 5.41. The molecule has 0 aliphatic carbocycles. The first kappa shape index (κ1) is 15.0. The largest absolute Gasteiger partial charge is 0.486 e. The summed E-state index contributed by atoms with van der Waals surface area (Å²) < 4.78 is 6.20. The van der Waals surface area contributed by atoms with Crippen LogP contribution < -0.4 is 10.1 Å². The van der Waals surface area contributed by atoms with E-state index >= 15 is 0 Å². The van der Waals surface area contributed by atoms with Gasteiger partial charge in [0.05, 0.1) is 0 Å². The second kappa shape index (κ2) is 6.79. The summed E-state index contributed by atoms with van der Waals surface area (Å²) in [6.45, 7) is 12.7. The van der Waals surface area contributed by atoms with E-state index in [1.165, 1.54) is 11.1 Å². The molecule has 0 aromatic heterocycles. The van der Waals surface area contributed by atoms with Gasteiger partial charge in [0.2, 0.25) is 0 Å². The molecule has 0 spiro atoms. The molecule has 1 rings (SSSR count). The number of rotatable bonds is 7. The average Bonchev–Trinajstić information content (AvgIpc) is 2.28. The lowest BCUT2D eigenvalue weighted by atomic mass is 10.0. The number of hydrogen-bond donors (Lipinski definition) is 1. The van der Waals surface area contributed by atoms with Gasteiger partial charge in [-0.1, -0.05) is 19.9 Å². The Labute approximate surface area is 112 Å². The zero-order chi connectivity index (χ0) is 13.6. The van der Waals surface area contributed by atoms with Crippen LogP contribution in [0, 0.1) is 13.8 Å². The average molecular weight is 249 g/mol. The van der Waals surface area contributed by atoms with Crippen molar-refractivity contribution in [3.8, 4) is 5.75 Å². The molecule has 0 heterocycles. The molecule has 1 atom stereocenters. The lowest BCUT2D eigenvalue weighted by Gasteiger charge is -2.30. The lowest BCUT2D eigenvalue weighted by molar-refractivity contribution is 0.0836. The maximum atomic E-state index is 6.20. The SMILES string of the molecule is CCCNCC(C)(CC)Oc1cc(C)cc(C)c1. The van der Waals surface area contributed by atoms with Gasteiger partial charge in [-0.15, -0.1) is 0 Å². The van der Waals surface area contributed by atoms with Gasteiger partial charge in [-0.25, -0.2) is 0 Å². The molecule has 0 aliphatic rings. The molecule has 1 aromatic rings. The zero-order valence-electron chi connectivity index (χ0n) is 12.5. The first-order chi connectivity index (χ1) is 8.49. The standard InChI is InChI=1S/C16H27NO/c1-6-8-17-12-16(5,7-2)18-15-10-13(3)9-14(4)11-15/h9-11,17H,6-8,12H2,1-5H3. The molecule has 0 aliphatic heterocycles. The molecule has 0 bridgehead atoms. The fraction of sp³-hybridized carbons (Fsp3) is 0.625. The van der Waals surface area contributed by atoms with Gasteiger partial charge in [-0.3, -0.25) is 0 Å². The summed E-state index contributed by atoms with van der Waals surface area (Å²) in [5.74, 6) is 0.982. The number of aryl methyl sites for hydroxylation is 2. The number of ether oxygens (including phenoxy) is 1. The minimum Gasteiger partial charge on any atom is -0.486 e. The van der Waals surface area contributed by atoms with Crippen LogP contribution in [0.4, 0.5) is 0 Å². The Morgan fingerprint density at radius 3 is 2.22 bits per heavy atom. The van der Waals surface area contributed by atoms with Crippen LogP contribution in [0.25, 0.3) is 0 Å². The number of nitrogens with one attached hydrogen (secondary N) is 1. The Kier molecular flexibility index (Phi) is 5.67. The van der Waals surface area contributed by atoms with Crippen LogP contribution in [0.5, 0.6) is 5.75 Å². The highest BCUT2D eigenvalue weighted by Gasteiger charge is 2.23. The van der Waals surface area contributed by atoms with Crippen molar-refractivity contribution < 1.29 is 4.74 Å². The summed E-state index contributed by atoms with van der Waals surface area (Å²) in [6, 6.07) is 6.40. The predicted molar refractivity (Wildman–Crippen MR) is 78.4 cm³/mol. The van der Waals surface area contributed by atoms with Crippen LogP contribution in [-0.2, 0) is 0 Å².